The summed E-state index contributed by atoms with van der Waals surface area (Å²) >= 11 is 1.64. The summed E-state index contributed by atoms with van der Waals surface area (Å²) in [6.07, 6.45) is 2.96. The Hall–Kier alpha value is -2.18. The van der Waals surface area contributed by atoms with Gasteiger partial charge in [0.1, 0.15) is 0 Å². The summed E-state index contributed by atoms with van der Waals surface area (Å²) in [6, 6.07) is 14.0. The van der Waals surface area contributed by atoms with E-state index in [-0.39, 0.29) is 24.3 Å². The van der Waals surface area contributed by atoms with Crippen molar-refractivity contribution < 1.29 is 14.3 Å². The number of hydrogen-bond donors (Lipinski definition) is 0. The second-order valence-electron chi connectivity index (χ2n) is 7.20. The van der Waals surface area contributed by atoms with Crippen LogP contribution in [0.25, 0.3) is 0 Å². The van der Waals surface area contributed by atoms with E-state index >= 15 is 0 Å². The van der Waals surface area contributed by atoms with E-state index in [9.17, 15) is 9.59 Å². The van der Waals surface area contributed by atoms with Gasteiger partial charge >= 0.3 is 0 Å². The van der Waals surface area contributed by atoms with Crippen molar-refractivity contribution in [2.75, 3.05) is 26.8 Å². The average Bonchev–Trinajstić information content (AvgIpc) is 3.17. The molecule has 1 aromatic heterocycles. The fourth-order valence-corrected chi connectivity index (χ4v) is 3.99. The van der Waals surface area contributed by atoms with Crippen LogP contribution in [0.15, 0.2) is 47.8 Å². The molecule has 28 heavy (non-hydrogen) atoms. The van der Waals surface area contributed by atoms with Crippen LogP contribution in [0.2, 0.25) is 0 Å². The molecule has 2 amide bonds. The van der Waals surface area contributed by atoms with E-state index in [4.69, 9.17) is 4.74 Å². The first-order valence-corrected chi connectivity index (χ1v) is 10.7. The lowest BCUT2D eigenvalue weighted by Crippen LogP contribution is -2.46. The first kappa shape index (κ1) is 20.6. The van der Waals surface area contributed by atoms with Crippen molar-refractivity contribution in [2.24, 2.45) is 5.92 Å². The fraction of sp³-hybridized carbons (Fsp3) is 0.455. The number of thiophene rings is 1. The minimum atomic E-state index is -0.0268. The predicted molar refractivity (Wildman–Crippen MR) is 111 cm³/mol. The third-order valence-corrected chi connectivity index (χ3v) is 6.01. The van der Waals surface area contributed by atoms with Gasteiger partial charge in [0.05, 0.1) is 19.7 Å². The largest absolute Gasteiger partial charge is 0.383 e. The number of carbonyl (C=O) groups is 2. The van der Waals surface area contributed by atoms with Crippen molar-refractivity contribution >= 4 is 23.2 Å². The lowest BCUT2D eigenvalue weighted by Gasteiger charge is -2.33. The van der Waals surface area contributed by atoms with E-state index < -0.39 is 0 Å². The number of amides is 2. The number of carbonyl (C=O) groups excluding carboxylic acids is 2. The van der Waals surface area contributed by atoms with Gasteiger partial charge in [-0.2, -0.15) is 0 Å². The van der Waals surface area contributed by atoms with Gasteiger partial charge in [0, 0.05) is 31.0 Å². The average molecular weight is 401 g/mol. The zero-order valence-corrected chi connectivity index (χ0v) is 17.2. The molecule has 1 aromatic carbocycles. The highest BCUT2D eigenvalue weighted by Gasteiger charge is 2.31. The molecule has 0 spiro atoms. The minimum absolute atomic E-state index is 0.0268. The molecule has 0 aliphatic heterocycles. The van der Waals surface area contributed by atoms with E-state index in [0.29, 0.717) is 26.2 Å². The van der Waals surface area contributed by atoms with Gasteiger partial charge in [-0.3, -0.25) is 9.59 Å². The molecular weight excluding hydrogens is 372 g/mol. The lowest BCUT2D eigenvalue weighted by molar-refractivity contribution is -0.145. The van der Waals surface area contributed by atoms with Gasteiger partial charge in [0.25, 0.3) is 0 Å². The first-order valence-electron chi connectivity index (χ1n) is 9.79. The van der Waals surface area contributed by atoms with Crippen molar-refractivity contribution in [3.05, 3.63) is 58.3 Å². The molecule has 6 heteroatoms. The molecule has 0 radical (unpaired) electrons. The van der Waals surface area contributed by atoms with Crippen molar-refractivity contribution in [1.82, 2.24) is 9.80 Å². The number of hydrogen-bond acceptors (Lipinski definition) is 4. The Morgan fingerprint density at radius 1 is 1.07 bits per heavy atom. The summed E-state index contributed by atoms with van der Waals surface area (Å²) in [5.74, 6) is 0.137. The van der Waals surface area contributed by atoms with Crippen LogP contribution in [-0.2, 0) is 27.4 Å². The molecule has 150 valence electrons. The third kappa shape index (κ3) is 5.66. The van der Waals surface area contributed by atoms with Crippen LogP contribution < -0.4 is 0 Å². The van der Waals surface area contributed by atoms with Crippen molar-refractivity contribution in [3.63, 3.8) is 0 Å². The van der Waals surface area contributed by atoms with Crippen molar-refractivity contribution in [1.29, 1.82) is 0 Å². The maximum absolute atomic E-state index is 13.2. The van der Waals surface area contributed by atoms with Gasteiger partial charge in [0.2, 0.25) is 11.8 Å². The zero-order valence-electron chi connectivity index (χ0n) is 16.4. The van der Waals surface area contributed by atoms with Crippen LogP contribution >= 0.6 is 11.3 Å². The van der Waals surface area contributed by atoms with E-state index in [1.165, 1.54) is 0 Å². The summed E-state index contributed by atoms with van der Waals surface area (Å²) in [5.41, 5.74) is 1.08. The molecule has 0 N–H and O–H groups in total. The molecule has 1 aliphatic carbocycles. The maximum Gasteiger partial charge on any atom is 0.242 e. The molecule has 2 aromatic rings. The SMILES string of the molecule is COCCN(CC(=O)N(Cc1ccccc1)Cc1cccs1)C(=O)C1CCC1. The Morgan fingerprint density at radius 2 is 1.86 bits per heavy atom. The first-order chi connectivity index (χ1) is 13.7. The fourth-order valence-electron chi connectivity index (χ4n) is 3.27. The van der Waals surface area contributed by atoms with E-state index in [1.807, 2.05) is 52.7 Å². The van der Waals surface area contributed by atoms with Crippen LogP contribution in [0, 0.1) is 5.92 Å². The molecule has 1 aliphatic rings. The van der Waals surface area contributed by atoms with Crippen LogP contribution in [-0.4, -0.2) is 48.4 Å². The highest BCUT2D eigenvalue weighted by atomic mass is 32.1. The van der Waals surface area contributed by atoms with E-state index in [1.54, 1.807) is 23.3 Å². The van der Waals surface area contributed by atoms with Gasteiger partial charge in [-0.15, -0.1) is 11.3 Å². The molecule has 0 saturated heterocycles. The molecule has 1 saturated carbocycles. The van der Waals surface area contributed by atoms with Crippen molar-refractivity contribution in [2.45, 2.75) is 32.4 Å². The monoisotopic (exact) mass is 400 g/mol. The predicted octanol–water partition coefficient (Wildman–Crippen LogP) is 3.55. The van der Waals surface area contributed by atoms with Gasteiger partial charge in [-0.1, -0.05) is 42.8 Å². The second-order valence-corrected chi connectivity index (χ2v) is 8.23. The Bertz CT molecular complexity index is 744. The normalized spacial score (nSPS) is 13.8. The molecule has 5 nitrogen and oxygen atoms in total. The van der Waals surface area contributed by atoms with Crippen molar-refractivity contribution in [3.8, 4) is 0 Å². The number of rotatable bonds is 10. The minimum Gasteiger partial charge on any atom is -0.383 e. The maximum atomic E-state index is 13.2. The molecule has 1 heterocycles. The number of benzene rings is 1. The molecule has 0 atom stereocenters. The number of ether oxygens (including phenoxy) is 1. The smallest absolute Gasteiger partial charge is 0.242 e. The quantitative estimate of drug-likeness (QED) is 0.613. The summed E-state index contributed by atoms with van der Waals surface area (Å²) in [4.78, 5) is 30.6. The number of nitrogens with zero attached hydrogens (tertiary/aromatic N) is 2. The second kappa shape index (κ2) is 10.4. The van der Waals surface area contributed by atoms with Crippen LogP contribution in [0.4, 0.5) is 0 Å². The van der Waals surface area contributed by atoms with Gasteiger partial charge in [-0.05, 0) is 29.9 Å². The van der Waals surface area contributed by atoms with E-state index in [2.05, 4.69) is 0 Å². The van der Waals surface area contributed by atoms with Crippen LogP contribution in [0.1, 0.15) is 29.7 Å². The Labute approximate surface area is 170 Å². The standard InChI is InChI=1S/C22H28N2O3S/c1-27-13-12-23(22(26)19-9-5-10-19)17-21(25)24(16-20-11-6-14-28-20)15-18-7-3-2-4-8-18/h2-4,6-8,11,14,19H,5,9-10,12-13,15-17H2,1H3. The number of methoxy groups -OCH3 is 1. The lowest BCUT2D eigenvalue weighted by atomic mass is 9.84. The molecule has 1 fully saturated rings. The molecule has 0 unspecified atom stereocenters. The Kier molecular flexibility index (Phi) is 7.62. The summed E-state index contributed by atoms with van der Waals surface area (Å²) in [5, 5.41) is 2.02. The summed E-state index contributed by atoms with van der Waals surface area (Å²) in [7, 11) is 1.62. The zero-order chi connectivity index (χ0) is 19.8. The third-order valence-electron chi connectivity index (χ3n) is 5.15. The Morgan fingerprint density at radius 3 is 2.46 bits per heavy atom. The topological polar surface area (TPSA) is 49.9 Å². The van der Waals surface area contributed by atoms with Gasteiger partial charge < -0.3 is 14.5 Å². The van der Waals surface area contributed by atoms with Crippen LogP contribution in [0.3, 0.4) is 0 Å². The highest BCUT2D eigenvalue weighted by molar-refractivity contribution is 7.09. The summed E-state index contributed by atoms with van der Waals surface area (Å²) in [6.45, 7) is 2.09. The molecule has 0 bridgehead atoms. The summed E-state index contributed by atoms with van der Waals surface area (Å²) < 4.78 is 5.16. The van der Waals surface area contributed by atoms with Crippen LogP contribution in [0.5, 0.6) is 0 Å². The highest BCUT2D eigenvalue weighted by Crippen LogP contribution is 2.28. The molecular formula is C22H28N2O3S. The van der Waals surface area contributed by atoms with E-state index in [0.717, 1.165) is 29.7 Å². The van der Waals surface area contributed by atoms with Gasteiger partial charge in [-0.25, -0.2) is 0 Å². The van der Waals surface area contributed by atoms with Gasteiger partial charge in [0.15, 0.2) is 0 Å². The molecule has 3 rings (SSSR count). The Balaban J connectivity index is 1.70.